The van der Waals surface area contributed by atoms with Crippen molar-refractivity contribution >= 4 is 37.4 Å². The highest BCUT2D eigenvalue weighted by atomic mass is 35.5. The molecule has 8 nitrogen and oxygen atoms in total. The number of benzene rings is 1. The molecule has 184 valence electrons. The molecule has 0 radical (unpaired) electrons. The predicted octanol–water partition coefficient (Wildman–Crippen LogP) is 5.85. The third-order valence-electron chi connectivity index (χ3n) is 7.09. The number of nitrogens with one attached hydrogen (secondary N) is 2. The third kappa shape index (κ3) is 4.92. The Morgan fingerprint density at radius 3 is 2.71 bits per heavy atom. The maximum absolute atomic E-state index is 9.91. The maximum atomic E-state index is 9.91. The summed E-state index contributed by atoms with van der Waals surface area (Å²) in [4.78, 5) is 8.98. The van der Waals surface area contributed by atoms with Crippen molar-refractivity contribution in [3.63, 3.8) is 0 Å². The lowest BCUT2D eigenvalue weighted by molar-refractivity contribution is 0.220. The minimum Gasteiger partial charge on any atom is -0.416 e. The smallest absolute Gasteiger partial charge is 0.228 e. The van der Waals surface area contributed by atoms with Crippen LogP contribution < -0.4 is 10.6 Å². The van der Waals surface area contributed by atoms with Crippen LogP contribution in [0.25, 0.3) is 11.3 Å². The van der Waals surface area contributed by atoms with Crippen molar-refractivity contribution in [1.82, 2.24) is 19.7 Å². The van der Waals surface area contributed by atoms with Gasteiger partial charge < -0.3 is 15.1 Å². The van der Waals surface area contributed by atoms with Crippen LogP contribution in [0.2, 0.25) is 23.2 Å². The fourth-order valence-electron chi connectivity index (χ4n) is 3.84. The second-order valence-electron chi connectivity index (χ2n) is 10.9. The van der Waals surface area contributed by atoms with E-state index in [-0.39, 0.29) is 10.5 Å². The van der Waals surface area contributed by atoms with Crippen molar-refractivity contribution in [3.8, 4) is 17.3 Å². The summed E-state index contributed by atoms with van der Waals surface area (Å²) in [5, 5.41) is 21.3. The number of aryl methyl sites for hydroxylation is 1. The first-order valence-electron chi connectivity index (χ1n) is 11.6. The monoisotopic (exact) mass is 509 g/mol. The molecule has 0 fully saturated rings. The molecule has 1 unspecified atom stereocenters. The first-order valence-corrected chi connectivity index (χ1v) is 14.9. The molecule has 1 aliphatic rings. The van der Waals surface area contributed by atoms with Crippen molar-refractivity contribution in [2.24, 2.45) is 7.05 Å². The summed E-state index contributed by atoms with van der Waals surface area (Å²) in [6, 6.07) is 8.17. The van der Waals surface area contributed by atoms with E-state index in [1.807, 2.05) is 12.1 Å². The van der Waals surface area contributed by atoms with Gasteiger partial charge in [0.25, 0.3) is 0 Å². The molecule has 10 heteroatoms. The number of nitrogens with zero attached hydrogens (tertiary/aromatic N) is 5. The maximum Gasteiger partial charge on any atom is 0.228 e. The molecule has 0 amide bonds. The lowest BCUT2D eigenvalue weighted by Gasteiger charge is -2.39. The zero-order valence-electron chi connectivity index (χ0n) is 21.3. The van der Waals surface area contributed by atoms with Gasteiger partial charge in [-0.05, 0) is 41.9 Å². The standard InChI is InChI=1S/C25H32ClN7OSi/c1-24(2,3)35(6,7)34-15-25(4)14-29-21-17(12-27)10-16(11-18(21)25)20-8-9-28-23(30-20)31-22-19(26)13-33(5)32-22/h8-11,13,29H,14-15H2,1-7H3,(H,28,30,31,32). The van der Waals surface area contributed by atoms with Crippen LogP contribution in [-0.4, -0.2) is 41.2 Å². The summed E-state index contributed by atoms with van der Waals surface area (Å²) in [6.07, 6.45) is 3.38. The number of anilines is 3. The molecule has 2 N–H and O–H groups in total. The van der Waals surface area contributed by atoms with E-state index in [0.29, 0.717) is 41.2 Å². The van der Waals surface area contributed by atoms with E-state index >= 15 is 0 Å². The van der Waals surface area contributed by atoms with E-state index < -0.39 is 8.32 Å². The number of hydrogen-bond donors (Lipinski definition) is 2. The normalized spacial score (nSPS) is 17.6. The average Bonchev–Trinajstić information content (AvgIpc) is 3.29. The summed E-state index contributed by atoms with van der Waals surface area (Å²) in [5.41, 5.74) is 3.83. The van der Waals surface area contributed by atoms with Gasteiger partial charge in [-0.15, -0.1) is 0 Å². The van der Waals surface area contributed by atoms with Crippen molar-refractivity contribution < 1.29 is 4.43 Å². The SMILES string of the molecule is Cn1cc(Cl)c(Nc2nccc(-c3cc(C#N)c4c(c3)C(C)(CO[Si](C)(C)C(C)(C)C)CN4)n2)n1. The zero-order chi connectivity index (χ0) is 25.6. The first kappa shape index (κ1) is 25.2. The molecular formula is C25H32ClN7OSi. The highest BCUT2D eigenvalue weighted by Gasteiger charge is 2.42. The Morgan fingerprint density at radius 2 is 2.09 bits per heavy atom. The largest absolute Gasteiger partial charge is 0.416 e. The van der Waals surface area contributed by atoms with Crippen LogP contribution in [0.1, 0.15) is 38.8 Å². The van der Waals surface area contributed by atoms with Gasteiger partial charge in [0.15, 0.2) is 14.1 Å². The summed E-state index contributed by atoms with van der Waals surface area (Å²) in [5.74, 6) is 0.863. The lowest BCUT2D eigenvalue weighted by Crippen LogP contribution is -2.45. The van der Waals surface area contributed by atoms with E-state index in [1.54, 1.807) is 24.1 Å². The number of hydrogen-bond acceptors (Lipinski definition) is 7. The van der Waals surface area contributed by atoms with Gasteiger partial charge in [0, 0.05) is 43.6 Å². The van der Waals surface area contributed by atoms with Crippen LogP contribution in [0.3, 0.4) is 0 Å². The van der Waals surface area contributed by atoms with Crippen LogP contribution in [0.15, 0.2) is 30.6 Å². The molecule has 4 rings (SSSR count). The Morgan fingerprint density at radius 1 is 1.34 bits per heavy atom. The van der Waals surface area contributed by atoms with Crippen molar-refractivity contribution in [3.05, 3.63) is 46.7 Å². The van der Waals surface area contributed by atoms with Crippen LogP contribution >= 0.6 is 11.6 Å². The Labute approximate surface area is 212 Å². The van der Waals surface area contributed by atoms with Crippen LogP contribution in [-0.2, 0) is 16.9 Å². The number of halogens is 1. The second-order valence-corrected chi connectivity index (χ2v) is 16.1. The third-order valence-corrected chi connectivity index (χ3v) is 11.8. The van der Waals surface area contributed by atoms with Gasteiger partial charge in [-0.3, -0.25) is 4.68 Å². The number of rotatable bonds is 6. The van der Waals surface area contributed by atoms with Gasteiger partial charge in [-0.25, -0.2) is 9.97 Å². The quantitative estimate of drug-likeness (QED) is 0.402. The van der Waals surface area contributed by atoms with Gasteiger partial charge >= 0.3 is 0 Å². The number of fused-ring (bicyclic) bond motifs is 1. The van der Waals surface area contributed by atoms with E-state index in [2.05, 4.69) is 78.6 Å². The van der Waals surface area contributed by atoms with E-state index in [4.69, 9.17) is 16.0 Å². The molecule has 3 heterocycles. The fourth-order valence-corrected chi connectivity index (χ4v) is 5.18. The summed E-state index contributed by atoms with van der Waals surface area (Å²) >= 11 is 6.22. The molecule has 1 atom stereocenters. The topological polar surface area (TPSA) is 101 Å². The Kier molecular flexibility index (Phi) is 6.42. The molecule has 3 aromatic rings. The molecule has 2 aromatic heterocycles. The summed E-state index contributed by atoms with van der Waals surface area (Å²) in [6.45, 7) is 14.8. The Hall–Kier alpha value is -2.93. The van der Waals surface area contributed by atoms with Crippen LogP contribution in [0, 0.1) is 11.3 Å². The van der Waals surface area contributed by atoms with Gasteiger partial charge in [-0.2, -0.15) is 10.4 Å². The fraction of sp³-hybridized carbons (Fsp3) is 0.440. The van der Waals surface area contributed by atoms with Crippen molar-refractivity contribution in [2.45, 2.75) is 51.2 Å². The predicted molar refractivity (Wildman–Crippen MR) is 143 cm³/mol. The molecule has 0 spiro atoms. The van der Waals surface area contributed by atoms with Crippen molar-refractivity contribution in [2.75, 3.05) is 23.8 Å². The first-order chi connectivity index (χ1) is 16.3. The summed E-state index contributed by atoms with van der Waals surface area (Å²) in [7, 11) is -0.134. The molecule has 0 bridgehead atoms. The van der Waals surface area contributed by atoms with E-state index in [9.17, 15) is 5.26 Å². The highest BCUT2D eigenvalue weighted by Crippen LogP contribution is 2.44. The Bertz CT molecular complexity index is 1310. The molecule has 1 aromatic carbocycles. The zero-order valence-corrected chi connectivity index (χ0v) is 23.1. The Balaban J connectivity index is 1.68. The lowest BCUT2D eigenvalue weighted by atomic mass is 9.83. The average molecular weight is 510 g/mol. The molecular weight excluding hydrogens is 478 g/mol. The molecule has 35 heavy (non-hydrogen) atoms. The van der Waals surface area contributed by atoms with E-state index in [0.717, 1.165) is 16.8 Å². The van der Waals surface area contributed by atoms with Crippen LogP contribution in [0.4, 0.5) is 17.5 Å². The van der Waals surface area contributed by atoms with Crippen LogP contribution in [0.5, 0.6) is 0 Å². The van der Waals surface area contributed by atoms with Crippen molar-refractivity contribution in [1.29, 1.82) is 5.26 Å². The van der Waals surface area contributed by atoms with Gasteiger partial charge in [-0.1, -0.05) is 39.3 Å². The highest BCUT2D eigenvalue weighted by molar-refractivity contribution is 6.74. The molecule has 0 aliphatic carbocycles. The van der Waals surface area contributed by atoms with E-state index in [1.165, 1.54) is 0 Å². The van der Waals surface area contributed by atoms with Gasteiger partial charge in [0.2, 0.25) is 5.95 Å². The summed E-state index contributed by atoms with van der Waals surface area (Å²) < 4.78 is 8.23. The molecule has 1 aliphatic heterocycles. The van der Waals surface area contributed by atoms with Gasteiger partial charge in [0.1, 0.15) is 11.1 Å². The second kappa shape index (κ2) is 8.93. The molecule has 0 saturated carbocycles. The minimum atomic E-state index is -1.93. The molecule has 0 saturated heterocycles. The minimum absolute atomic E-state index is 0.124. The number of nitriles is 1. The van der Waals surface area contributed by atoms with Gasteiger partial charge in [0.05, 0.1) is 16.9 Å². The number of aromatic nitrogens is 4.